The molecule has 0 aliphatic carbocycles. The molecule has 2 rings (SSSR count). The molecule has 0 atom stereocenters. The zero-order chi connectivity index (χ0) is 18.9. The van der Waals surface area contributed by atoms with Gasteiger partial charge in [-0.3, -0.25) is 14.5 Å². The Balaban J connectivity index is 1.83. The van der Waals surface area contributed by atoms with Gasteiger partial charge in [0.25, 0.3) is 0 Å². The lowest BCUT2D eigenvalue weighted by Gasteiger charge is -2.19. The Bertz CT molecular complexity index is 733. The van der Waals surface area contributed by atoms with Crippen molar-refractivity contribution in [2.75, 3.05) is 37.4 Å². The number of hydrogen-bond acceptors (Lipinski definition) is 4. The first-order valence-electron chi connectivity index (χ1n) is 8.22. The summed E-state index contributed by atoms with van der Waals surface area (Å²) in [7, 11) is 1.59. The molecule has 7 heteroatoms. The van der Waals surface area contributed by atoms with E-state index in [1.165, 1.54) is 0 Å². The van der Waals surface area contributed by atoms with E-state index < -0.39 is 0 Å². The lowest BCUT2D eigenvalue weighted by Crippen LogP contribution is -2.38. The predicted octanol–water partition coefficient (Wildman–Crippen LogP) is 3.25. The van der Waals surface area contributed by atoms with Crippen LogP contribution in [0.5, 0.6) is 5.75 Å². The summed E-state index contributed by atoms with van der Waals surface area (Å²) in [5, 5.41) is 6.19. The standard InChI is InChI=1S/C19H22ClN3O3/c1-3-23(12-18(24)21-15-6-4-14(20)5-7-15)13-19(25)22-16-8-10-17(26-2)11-9-16/h4-11H,3,12-13H2,1-2H3,(H,21,24)(H,22,25). The Morgan fingerprint density at radius 1 is 0.923 bits per heavy atom. The number of anilines is 2. The Kier molecular flexibility index (Phi) is 7.44. The molecule has 0 aromatic heterocycles. The van der Waals surface area contributed by atoms with Crippen molar-refractivity contribution >= 4 is 34.8 Å². The number of carbonyl (C=O) groups excluding carboxylic acids is 2. The number of benzene rings is 2. The van der Waals surface area contributed by atoms with Crippen LogP contribution in [0, 0.1) is 0 Å². The summed E-state index contributed by atoms with van der Waals surface area (Å²) >= 11 is 5.82. The van der Waals surface area contributed by atoms with Crippen LogP contribution in [0.25, 0.3) is 0 Å². The van der Waals surface area contributed by atoms with Crippen molar-refractivity contribution in [3.63, 3.8) is 0 Å². The number of nitrogens with zero attached hydrogens (tertiary/aromatic N) is 1. The lowest BCUT2D eigenvalue weighted by molar-refractivity contribution is -0.119. The van der Waals surface area contributed by atoms with Crippen LogP contribution in [0.1, 0.15) is 6.92 Å². The van der Waals surface area contributed by atoms with Gasteiger partial charge in [-0.25, -0.2) is 0 Å². The number of hydrogen-bond donors (Lipinski definition) is 2. The van der Waals surface area contributed by atoms with Crippen LogP contribution in [0.3, 0.4) is 0 Å². The van der Waals surface area contributed by atoms with E-state index in [1.54, 1.807) is 60.5 Å². The second kappa shape index (κ2) is 9.79. The molecule has 0 radical (unpaired) electrons. The first kappa shape index (κ1) is 19.8. The van der Waals surface area contributed by atoms with Crippen molar-refractivity contribution in [2.24, 2.45) is 0 Å². The van der Waals surface area contributed by atoms with E-state index in [-0.39, 0.29) is 24.9 Å². The van der Waals surface area contributed by atoms with E-state index in [0.717, 1.165) is 5.75 Å². The second-order valence-electron chi connectivity index (χ2n) is 5.64. The molecule has 0 aliphatic heterocycles. The van der Waals surface area contributed by atoms with Crippen molar-refractivity contribution in [1.29, 1.82) is 0 Å². The number of nitrogens with one attached hydrogen (secondary N) is 2. The minimum atomic E-state index is -0.189. The molecule has 26 heavy (non-hydrogen) atoms. The molecule has 0 heterocycles. The lowest BCUT2D eigenvalue weighted by atomic mass is 10.3. The summed E-state index contributed by atoms with van der Waals surface area (Å²) in [5.41, 5.74) is 1.34. The molecule has 0 unspecified atom stereocenters. The molecule has 0 bridgehead atoms. The number of likely N-dealkylation sites (N-methyl/N-ethyl adjacent to an activating group) is 1. The fourth-order valence-electron chi connectivity index (χ4n) is 2.29. The Morgan fingerprint density at radius 3 is 1.81 bits per heavy atom. The van der Waals surface area contributed by atoms with Gasteiger partial charge in [-0.1, -0.05) is 18.5 Å². The largest absolute Gasteiger partial charge is 0.497 e. The predicted molar refractivity (Wildman–Crippen MR) is 104 cm³/mol. The number of carbonyl (C=O) groups is 2. The first-order chi connectivity index (χ1) is 12.5. The number of amides is 2. The van der Waals surface area contributed by atoms with Crippen molar-refractivity contribution in [3.8, 4) is 5.75 Å². The molecule has 0 fully saturated rings. The van der Waals surface area contributed by atoms with Gasteiger partial charge in [-0.15, -0.1) is 0 Å². The summed E-state index contributed by atoms with van der Waals surface area (Å²) in [6.45, 7) is 2.71. The maximum atomic E-state index is 12.2. The number of ether oxygens (including phenoxy) is 1. The molecular formula is C19H22ClN3O3. The molecule has 2 amide bonds. The zero-order valence-corrected chi connectivity index (χ0v) is 15.5. The van der Waals surface area contributed by atoms with Crippen LogP contribution in [0.15, 0.2) is 48.5 Å². The highest BCUT2D eigenvalue weighted by atomic mass is 35.5. The van der Waals surface area contributed by atoms with E-state index in [2.05, 4.69) is 10.6 Å². The van der Waals surface area contributed by atoms with E-state index in [1.807, 2.05) is 6.92 Å². The molecule has 2 aromatic carbocycles. The van der Waals surface area contributed by atoms with Gasteiger partial charge < -0.3 is 15.4 Å². The van der Waals surface area contributed by atoms with Crippen LogP contribution < -0.4 is 15.4 Å². The van der Waals surface area contributed by atoms with Gasteiger partial charge in [0.05, 0.1) is 20.2 Å². The van der Waals surface area contributed by atoms with Crippen molar-refractivity contribution in [1.82, 2.24) is 4.90 Å². The fourth-order valence-corrected chi connectivity index (χ4v) is 2.42. The summed E-state index contributed by atoms with van der Waals surface area (Å²) in [5.74, 6) is 0.347. The van der Waals surface area contributed by atoms with E-state index in [0.29, 0.717) is 22.9 Å². The van der Waals surface area contributed by atoms with E-state index in [4.69, 9.17) is 16.3 Å². The minimum Gasteiger partial charge on any atom is -0.497 e. The van der Waals surface area contributed by atoms with Gasteiger partial charge in [-0.2, -0.15) is 0 Å². The highest BCUT2D eigenvalue weighted by Crippen LogP contribution is 2.15. The topological polar surface area (TPSA) is 70.7 Å². The van der Waals surface area contributed by atoms with Crippen molar-refractivity contribution < 1.29 is 14.3 Å². The number of halogens is 1. The molecular weight excluding hydrogens is 354 g/mol. The van der Waals surface area contributed by atoms with Crippen LogP contribution in [-0.2, 0) is 9.59 Å². The highest BCUT2D eigenvalue weighted by Gasteiger charge is 2.13. The minimum absolute atomic E-state index is 0.120. The molecule has 6 nitrogen and oxygen atoms in total. The van der Waals surface area contributed by atoms with Crippen LogP contribution in [-0.4, -0.2) is 43.5 Å². The monoisotopic (exact) mass is 375 g/mol. The molecule has 2 aromatic rings. The molecule has 138 valence electrons. The molecule has 0 aliphatic rings. The quantitative estimate of drug-likeness (QED) is 0.743. The second-order valence-corrected chi connectivity index (χ2v) is 6.07. The summed E-state index contributed by atoms with van der Waals surface area (Å²) in [6.07, 6.45) is 0. The zero-order valence-electron chi connectivity index (χ0n) is 14.8. The SMILES string of the molecule is CCN(CC(=O)Nc1ccc(Cl)cc1)CC(=O)Nc1ccc(OC)cc1. The Labute approximate surface area is 158 Å². The average molecular weight is 376 g/mol. The highest BCUT2D eigenvalue weighted by molar-refractivity contribution is 6.30. The van der Waals surface area contributed by atoms with Gasteiger partial charge in [0.1, 0.15) is 5.75 Å². The average Bonchev–Trinajstić information content (AvgIpc) is 2.63. The summed E-state index contributed by atoms with van der Waals surface area (Å²) in [6, 6.07) is 13.9. The Morgan fingerprint density at radius 2 is 1.38 bits per heavy atom. The van der Waals surface area contributed by atoms with E-state index in [9.17, 15) is 9.59 Å². The normalized spacial score (nSPS) is 10.5. The summed E-state index contributed by atoms with van der Waals surface area (Å²) in [4.78, 5) is 26.1. The fraction of sp³-hybridized carbons (Fsp3) is 0.263. The van der Waals surface area contributed by atoms with Crippen LogP contribution in [0.2, 0.25) is 5.02 Å². The van der Waals surface area contributed by atoms with Gasteiger partial charge in [0, 0.05) is 16.4 Å². The molecule has 2 N–H and O–H groups in total. The van der Waals surface area contributed by atoms with Gasteiger partial charge in [-0.05, 0) is 55.1 Å². The smallest absolute Gasteiger partial charge is 0.238 e. The number of rotatable bonds is 8. The van der Waals surface area contributed by atoms with Crippen molar-refractivity contribution in [3.05, 3.63) is 53.6 Å². The van der Waals surface area contributed by atoms with Gasteiger partial charge in [0.15, 0.2) is 0 Å². The molecule has 0 saturated carbocycles. The van der Waals surface area contributed by atoms with E-state index >= 15 is 0 Å². The third kappa shape index (κ3) is 6.38. The van der Waals surface area contributed by atoms with Crippen LogP contribution in [0.4, 0.5) is 11.4 Å². The number of methoxy groups -OCH3 is 1. The van der Waals surface area contributed by atoms with Crippen LogP contribution >= 0.6 is 11.6 Å². The van der Waals surface area contributed by atoms with Gasteiger partial charge >= 0.3 is 0 Å². The third-order valence-corrected chi connectivity index (χ3v) is 3.94. The maximum Gasteiger partial charge on any atom is 0.238 e. The summed E-state index contributed by atoms with van der Waals surface area (Å²) < 4.78 is 5.08. The third-order valence-electron chi connectivity index (χ3n) is 3.68. The first-order valence-corrected chi connectivity index (χ1v) is 8.59. The Hall–Kier alpha value is -2.57. The van der Waals surface area contributed by atoms with Crippen molar-refractivity contribution in [2.45, 2.75) is 6.92 Å². The van der Waals surface area contributed by atoms with Gasteiger partial charge in [0.2, 0.25) is 11.8 Å². The molecule has 0 spiro atoms. The molecule has 0 saturated heterocycles. The maximum absolute atomic E-state index is 12.2.